The molecule has 0 heterocycles. The van der Waals surface area contributed by atoms with E-state index in [0.29, 0.717) is 1.93 Å². The summed E-state index contributed by atoms with van der Waals surface area (Å²) in [5.74, 6) is 0. The number of aryl methyl sites for hydroxylation is 1. The molecule has 0 fully saturated rings. The van der Waals surface area contributed by atoms with Crippen LogP contribution in [0.2, 0.25) is 0 Å². The van der Waals surface area contributed by atoms with Crippen molar-refractivity contribution in [1.29, 1.82) is 0 Å². The predicted octanol–water partition coefficient (Wildman–Crippen LogP) is 3.18. The first-order chi connectivity index (χ1) is 6.20. The first-order valence-corrected chi connectivity index (χ1v) is 6.69. The van der Waals surface area contributed by atoms with Crippen molar-refractivity contribution >= 4 is 45.2 Å². The normalized spacial score (nSPS) is 13.2. The molecule has 1 aromatic rings. The van der Waals surface area contributed by atoms with Crippen LogP contribution in [0.1, 0.15) is 12.0 Å². The van der Waals surface area contributed by atoms with Crippen molar-refractivity contribution < 1.29 is 5.11 Å². The molecule has 0 spiro atoms. The fraction of sp³-hybridized carbons (Fsp3) is 0.400. The van der Waals surface area contributed by atoms with Gasteiger partial charge in [-0.15, -0.1) is 0 Å². The van der Waals surface area contributed by atoms with Gasteiger partial charge in [0.25, 0.3) is 0 Å². The lowest BCUT2D eigenvalue weighted by molar-refractivity contribution is 0.188. The van der Waals surface area contributed by atoms with E-state index in [1.54, 1.807) is 0 Å². The highest BCUT2D eigenvalue weighted by atomic mass is 127. The summed E-state index contributed by atoms with van der Waals surface area (Å²) in [5.41, 5.74) is 1.30. The number of hydrogen-bond donors (Lipinski definition) is 1. The van der Waals surface area contributed by atoms with Crippen molar-refractivity contribution in [3.05, 3.63) is 35.9 Å². The maximum Gasteiger partial charge on any atom is 0.0884 e. The molecular weight excluding hydrogens is 390 g/mol. The van der Waals surface area contributed by atoms with Gasteiger partial charge in [-0.1, -0.05) is 75.5 Å². The van der Waals surface area contributed by atoms with E-state index in [-0.39, 0.29) is 6.10 Å². The van der Waals surface area contributed by atoms with Crippen molar-refractivity contribution in [2.45, 2.75) is 20.9 Å². The molecular formula is C10H12I2O. The number of halogens is 2. The van der Waals surface area contributed by atoms with Crippen LogP contribution in [0.4, 0.5) is 0 Å². The largest absolute Gasteiger partial charge is 0.391 e. The lowest BCUT2D eigenvalue weighted by atomic mass is 10.1. The lowest BCUT2D eigenvalue weighted by Crippen LogP contribution is -2.15. The Hall–Kier alpha value is 0.640. The van der Waals surface area contributed by atoms with Crippen LogP contribution in [0.25, 0.3) is 0 Å². The minimum atomic E-state index is -0.193. The van der Waals surface area contributed by atoms with E-state index in [1.165, 1.54) is 5.56 Å². The van der Waals surface area contributed by atoms with Crippen LogP contribution in [0.5, 0.6) is 0 Å². The average molecular weight is 402 g/mol. The van der Waals surface area contributed by atoms with Gasteiger partial charge in [0, 0.05) is 0 Å². The standard InChI is InChI=1S/C10H12I2O/c11-10(12)9(13)7-6-8-4-2-1-3-5-8/h1-5,9-10,13H,6-7H2. The summed E-state index contributed by atoms with van der Waals surface area (Å²) in [5, 5.41) is 9.57. The maximum atomic E-state index is 9.57. The lowest BCUT2D eigenvalue weighted by Gasteiger charge is -2.11. The molecule has 0 aliphatic heterocycles. The Morgan fingerprint density at radius 2 is 1.77 bits per heavy atom. The Bertz CT molecular complexity index is 236. The summed E-state index contributed by atoms with van der Waals surface area (Å²) in [6, 6.07) is 10.3. The van der Waals surface area contributed by atoms with Gasteiger partial charge in [-0.25, -0.2) is 0 Å². The molecule has 0 amide bonds. The van der Waals surface area contributed by atoms with Crippen LogP contribution in [0.15, 0.2) is 30.3 Å². The number of rotatable bonds is 4. The fourth-order valence-corrected chi connectivity index (χ4v) is 1.80. The number of benzene rings is 1. The summed E-state index contributed by atoms with van der Waals surface area (Å²) < 4.78 is 0.305. The van der Waals surface area contributed by atoms with E-state index in [0.717, 1.165) is 12.8 Å². The number of aliphatic hydroxyl groups is 1. The summed E-state index contributed by atoms with van der Waals surface area (Å²) >= 11 is 4.50. The van der Waals surface area contributed by atoms with E-state index in [4.69, 9.17) is 0 Å². The molecule has 72 valence electrons. The van der Waals surface area contributed by atoms with Gasteiger partial charge in [0.1, 0.15) is 0 Å². The van der Waals surface area contributed by atoms with Crippen LogP contribution in [-0.2, 0) is 6.42 Å². The highest BCUT2D eigenvalue weighted by molar-refractivity contribution is 14.2. The zero-order chi connectivity index (χ0) is 9.68. The number of alkyl halides is 2. The Kier molecular flexibility index (Phi) is 5.57. The highest BCUT2D eigenvalue weighted by Gasteiger charge is 2.11. The SMILES string of the molecule is OC(CCc1ccccc1)C(I)I. The summed E-state index contributed by atoms with van der Waals surface area (Å²) in [7, 11) is 0. The Balaban J connectivity index is 2.35. The quantitative estimate of drug-likeness (QED) is 0.606. The monoisotopic (exact) mass is 402 g/mol. The molecule has 0 aliphatic rings. The van der Waals surface area contributed by atoms with Crippen LogP contribution in [0.3, 0.4) is 0 Å². The second kappa shape index (κ2) is 6.19. The van der Waals surface area contributed by atoms with E-state index in [1.807, 2.05) is 18.2 Å². The van der Waals surface area contributed by atoms with Crippen LogP contribution in [0, 0.1) is 0 Å². The molecule has 3 heteroatoms. The molecule has 0 saturated heterocycles. The molecule has 1 unspecified atom stereocenters. The van der Waals surface area contributed by atoms with Gasteiger partial charge in [-0.2, -0.15) is 0 Å². The van der Waals surface area contributed by atoms with Gasteiger partial charge >= 0.3 is 0 Å². The van der Waals surface area contributed by atoms with Crippen LogP contribution < -0.4 is 0 Å². The van der Waals surface area contributed by atoms with Gasteiger partial charge in [-0.05, 0) is 18.4 Å². The van der Waals surface area contributed by atoms with Gasteiger partial charge in [-0.3, -0.25) is 0 Å². The molecule has 1 N–H and O–H groups in total. The smallest absolute Gasteiger partial charge is 0.0884 e. The molecule has 0 saturated carbocycles. The maximum absolute atomic E-state index is 9.57. The average Bonchev–Trinajstić information content (AvgIpc) is 2.15. The Morgan fingerprint density at radius 3 is 2.31 bits per heavy atom. The van der Waals surface area contributed by atoms with Gasteiger partial charge < -0.3 is 5.11 Å². The van der Waals surface area contributed by atoms with E-state index < -0.39 is 0 Å². The van der Waals surface area contributed by atoms with E-state index in [2.05, 4.69) is 57.3 Å². The first kappa shape index (κ1) is 11.7. The third-order valence-corrected chi connectivity index (χ3v) is 3.52. The van der Waals surface area contributed by atoms with E-state index in [9.17, 15) is 5.11 Å². The second-order valence-electron chi connectivity index (χ2n) is 2.93. The topological polar surface area (TPSA) is 20.2 Å². The molecule has 1 aromatic carbocycles. The zero-order valence-corrected chi connectivity index (χ0v) is 11.5. The zero-order valence-electron chi connectivity index (χ0n) is 7.16. The van der Waals surface area contributed by atoms with Crippen LogP contribution in [-0.4, -0.2) is 13.1 Å². The van der Waals surface area contributed by atoms with Crippen molar-refractivity contribution in [1.82, 2.24) is 0 Å². The van der Waals surface area contributed by atoms with Crippen molar-refractivity contribution in [2.75, 3.05) is 0 Å². The minimum Gasteiger partial charge on any atom is -0.391 e. The molecule has 1 atom stereocenters. The predicted molar refractivity (Wildman–Crippen MR) is 72.6 cm³/mol. The number of aliphatic hydroxyl groups excluding tert-OH is 1. The summed E-state index contributed by atoms with van der Waals surface area (Å²) in [6.45, 7) is 0. The molecule has 0 bridgehead atoms. The third kappa shape index (κ3) is 4.60. The van der Waals surface area contributed by atoms with Gasteiger partial charge in [0.2, 0.25) is 0 Å². The minimum absolute atomic E-state index is 0.193. The molecule has 0 aliphatic carbocycles. The summed E-state index contributed by atoms with van der Waals surface area (Å²) in [6.07, 6.45) is 1.62. The van der Waals surface area contributed by atoms with Gasteiger partial charge in [0.15, 0.2) is 0 Å². The van der Waals surface area contributed by atoms with Crippen LogP contribution >= 0.6 is 45.2 Å². The highest BCUT2D eigenvalue weighted by Crippen LogP contribution is 2.18. The Morgan fingerprint density at radius 1 is 1.15 bits per heavy atom. The van der Waals surface area contributed by atoms with Crippen molar-refractivity contribution in [2.24, 2.45) is 0 Å². The van der Waals surface area contributed by atoms with Gasteiger partial charge in [0.05, 0.1) is 8.04 Å². The Labute approximate surface area is 106 Å². The molecule has 0 radical (unpaired) electrons. The van der Waals surface area contributed by atoms with Crippen molar-refractivity contribution in [3.63, 3.8) is 0 Å². The second-order valence-corrected chi connectivity index (χ2v) is 7.99. The first-order valence-electron chi connectivity index (χ1n) is 4.20. The fourth-order valence-electron chi connectivity index (χ4n) is 1.09. The third-order valence-electron chi connectivity index (χ3n) is 1.86. The number of hydrogen-bond acceptors (Lipinski definition) is 1. The molecule has 1 nitrogen and oxygen atoms in total. The molecule has 13 heavy (non-hydrogen) atoms. The molecule has 1 rings (SSSR count). The molecule has 0 aromatic heterocycles. The van der Waals surface area contributed by atoms with Crippen molar-refractivity contribution in [3.8, 4) is 0 Å². The van der Waals surface area contributed by atoms with E-state index >= 15 is 0 Å². The summed E-state index contributed by atoms with van der Waals surface area (Å²) in [4.78, 5) is 0.